The molecule has 0 saturated heterocycles. The number of hydrogen-bond acceptors (Lipinski definition) is 6. The highest BCUT2D eigenvalue weighted by molar-refractivity contribution is 7.98. The first-order valence-electron chi connectivity index (χ1n) is 11.9. The molecule has 0 N–H and O–H groups in total. The van der Waals surface area contributed by atoms with E-state index in [4.69, 9.17) is 4.74 Å². The van der Waals surface area contributed by atoms with E-state index < -0.39 is 0 Å². The Hall–Kier alpha value is -3.89. The van der Waals surface area contributed by atoms with Gasteiger partial charge in [-0.1, -0.05) is 85.8 Å². The van der Waals surface area contributed by atoms with Crippen molar-refractivity contribution in [2.45, 2.75) is 43.6 Å². The van der Waals surface area contributed by atoms with Crippen molar-refractivity contribution in [1.82, 2.24) is 14.8 Å². The standard InChI is InChI=1S/C29H28N4O2S/c1-3-4-13-27-31-32-29(36-20-24-10-6-8-12-26(24)28(34)35-2)33(27)19-21-14-16-22(17-15-21)25-11-7-5-9-23(25)18-30/h5-12,14-17H,3-4,13,19-20H2,1-2H3. The fourth-order valence-electron chi connectivity index (χ4n) is 4.01. The number of carbonyl (C=O) groups excluding carboxylic acids is 1. The molecule has 0 saturated carbocycles. The number of rotatable bonds is 10. The minimum atomic E-state index is -0.339. The van der Waals surface area contributed by atoms with Gasteiger partial charge in [0.2, 0.25) is 0 Å². The highest BCUT2D eigenvalue weighted by atomic mass is 32.2. The van der Waals surface area contributed by atoms with Crippen LogP contribution in [-0.2, 0) is 23.5 Å². The Bertz CT molecular complexity index is 1370. The van der Waals surface area contributed by atoms with Crippen LogP contribution in [-0.4, -0.2) is 27.8 Å². The number of aryl methyl sites for hydroxylation is 1. The van der Waals surface area contributed by atoms with E-state index >= 15 is 0 Å². The zero-order chi connectivity index (χ0) is 25.3. The normalized spacial score (nSPS) is 10.7. The third-order valence-corrected chi connectivity index (χ3v) is 7.00. The number of ether oxygens (including phenoxy) is 1. The van der Waals surface area contributed by atoms with E-state index in [2.05, 4.69) is 52.0 Å². The maximum Gasteiger partial charge on any atom is 0.338 e. The van der Waals surface area contributed by atoms with Crippen LogP contribution in [0.4, 0.5) is 0 Å². The van der Waals surface area contributed by atoms with Gasteiger partial charge in [-0.2, -0.15) is 5.26 Å². The molecule has 0 radical (unpaired) electrons. The predicted octanol–water partition coefficient (Wildman–Crippen LogP) is 6.29. The molecule has 0 bridgehead atoms. The lowest BCUT2D eigenvalue weighted by atomic mass is 9.99. The summed E-state index contributed by atoms with van der Waals surface area (Å²) in [5, 5.41) is 19.2. The molecule has 4 aromatic rings. The van der Waals surface area contributed by atoms with Crippen molar-refractivity contribution in [1.29, 1.82) is 5.26 Å². The average Bonchev–Trinajstić information content (AvgIpc) is 3.31. The molecular weight excluding hydrogens is 468 g/mol. The van der Waals surface area contributed by atoms with Gasteiger partial charge >= 0.3 is 5.97 Å². The van der Waals surface area contributed by atoms with Gasteiger partial charge in [0.15, 0.2) is 5.16 Å². The van der Waals surface area contributed by atoms with Crippen LogP contribution in [0.5, 0.6) is 0 Å². The third kappa shape index (κ3) is 5.84. The molecule has 182 valence electrons. The van der Waals surface area contributed by atoms with Crippen LogP contribution in [0.15, 0.2) is 78.0 Å². The smallest absolute Gasteiger partial charge is 0.338 e. The van der Waals surface area contributed by atoms with Crippen LogP contribution >= 0.6 is 11.8 Å². The van der Waals surface area contributed by atoms with Gasteiger partial charge in [-0.05, 0) is 40.8 Å². The Kier molecular flexibility index (Phi) is 8.53. The first-order valence-corrected chi connectivity index (χ1v) is 12.9. The molecule has 0 aliphatic heterocycles. The molecule has 0 fully saturated rings. The highest BCUT2D eigenvalue weighted by Gasteiger charge is 2.16. The predicted molar refractivity (Wildman–Crippen MR) is 142 cm³/mol. The lowest BCUT2D eigenvalue weighted by Crippen LogP contribution is -2.08. The van der Waals surface area contributed by atoms with E-state index in [0.29, 0.717) is 23.4 Å². The number of nitrogens with zero attached hydrogens (tertiary/aromatic N) is 4. The van der Waals surface area contributed by atoms with Crippen molar-refractivity contribution in [2.75, 3.05) is 7.11 Å². The van der Waals surface area contributed by atoms with Gasteiger partial charge < -0.3 is 9.30 Å². The maximum atomic E-state index is 12.2. The number of unbranched alkanes of at least 4 members (excludes halogenated alkanes) is 1. The van der Waals surface area contributed by atoms with Gasteiger partial charge in [0.1, 0.15) is 5.82 Å². The number of methoxy groups -OCH3 is 1. The molecule has 1 aromatic heterocycles. The van der Waals surface area contributed by atoms with Crippen LogP contribution in [0, 0.1) is 11.3 Å². The summed E-state index contributed by atoms with van der Waals surface area (Å²) in [5.74, 6) is 1.20. The van der Waals surface area contributed by atoms with E-state index in [9.17, 15) is 10.1 Å². The summed E-state index contributed by atoms with van der Waals surface area (Å²) in [7, 11) is 1.40. The van der Waals surface area contributed by atoms with Crippen LogP contribution in [0.25, 0.3) is 11.1 Å². The first-order chi connectivity index (χ1) is 17.6. The number of thioether (sulfide) groups is 1. The zero-order valence-corrected chi connectivity index (χ0v) is 21.3. The summed E-state index contributed by atoms with van der Waals surface area (Å²) in [4.78, 5) is 12.2. The lowest BCUT2D eigenvalue weighted by molar-refractivity contribution is 0.0600. The topological polar surface area (TPSA) is 80.8 Å². The van der Waals surface area contributed by atoms with Crippen LogP contribution in [0.3, 0.4) is 0 Å². The second-order valence-electron chi connectivity index (χ2n) is 8.38. The minimum Gasteiger partial charge on any atom is -0.465 e. The van der Waals surface area contributed by atoms with Gasteiger partial charge in [-0.3, -0.25) is 0 Å². The summed E-state index contributed by atoms with van der Waals surface area (Å²) < 4.78 is 7.10. The molecule has 3 aromatic carbocycles. The molecule has 0 spiro atoms. The quantitative estimate of drug-likeness (QED) is 0.190. The van der Waals surface area contributed by atoms with Crippen LogP contribution < -0.4 is 0 Å². The average molecular weight is 497 g/mol. The third-order valence-electron chi connectivity index (χ3n) is 5.98. The molecule has 0 aliphatic carbocycles. The van der Waals surface area contributed by atoms with Crippen molar-refractivity contribution in [2.24, 2.45) is 0 Å². The Balaban J connectivity index is 1.57. The van der Waals surface area contributed by atoms with E-state index in [0.717, 1.165) is 52.5 Å². The second kappa shape index (κ2) is 12.2. The van der Waals surface area contributed by atoms with Crippen LogP contribution in [0.2, 0.25) is 0 Å². The Morgan fingerprint density at radius 1 is 1.03 bits per heavy atom. The molecule has 0 aliphatic rings. The minimum absolute atomic E-state index is 0.339. The highest BCUT2D eigenvalue weighted by Crippen LogP contribution is 2.27. The van der Waals surface area contributed by atoms with E-state index in [1.165, 1.54) is 7.11 Å². The largest absolute Gasteiger partial charge is 0.465 e. The van der Waals surface area contributed by atoms with E-state index in [1.54, 1.807) is 17.8 Å². The summed E-state index contributed by atoms with van der Waals surface area (Å²) in [5.41, 5.74) is 5.21. The first kappa shape index (κ1) is 25.2. The fourth-order valence-corrected chi connectivity index (χ4v) is 4.97. The maximum absolute atomic E-state index is 12.2. The molecule has 0 amide bonds. The SMILES string of the molecule is CCCCc1nnc(SCc2ccccc2C(=O)OC)n1Cc1ccc(-c2ccccc2C#N)cc1. The lowest BCUT2D eigenvalue weighted by Gasteiger charge is -2.12. The van der Waals surface area contributed by atoms with Gasteiger partial charge in [-0.25, -0.2) is 4.79 Å². The monoisotopic (exact) mass is 496 g/mol. The molecule has 1 heterocycles. The Morgan fingerprint density at radius 3 is 2.53 bits per heavy atom. The number of benzene rings is 3. The van der Waals surface area contributed by atoms with E-state index in [-0.39, 0.29) is 5.97 Å². The van der Waals surface area contributed by atoms with Crippen LogP contribution in [0.1, 0.15) is 52.6 Å². The summed E-state index contributed by atoms with van der Waals surface area (Å²) in [6, 6.07) is 25.7. The summed E-state index contributed by atoms with van der Waals surface area (Å²) >= 11 is 1.57. The van der Waals surface area contributed by atoms with Crippen molar-refractivity contribution >= 4 is 17.7 Å². The number of hydrogen-bond donors (Lipinski definition) is 0. The summed E-state index contributed by atoms with van der Waals surface area (Å²) in [6.45, 7) is 2.81. The number of nitriles is 1. The van der Waals surface area contributed by atoms with Gasteiger partial charge in [0.05, 0.1) is 30.9 Å². The number of carbonyl (C=O) groups is 1. The van der Waals surface area contributed by atoms with Gasteiger partial charge in [-0.15, -0.1) is 10.2 Å². The van der Waals surface area contributed by atoms with Gasteiger partial charge in [0.25, 0.3) is 0 Å². The molecule has 0 unspecified atom stereocenters. The molecule has 36 heavy (non-hydrogen) atoms. The van der Waals surface area contributed by atoms with Crippen molar-refractivity contribution in [3.05, 3.63) is 101 Å². The fraction of sp³-hybridized carbons (Fsp3) is 0.241. The summed E-state index contributed by atoms with van der Waals surface area (Å²) in [6.07, 6.45) is 2.98. The van der Waals surface area contributed by atoms with Gasteiger partial charge in [0, 0.05) is 12.2 Å². The Morgan fingerprint density at radius 2 is 1.78 bits per heavy atom. The Labute approximate surface area is 216 Å². The molecule has 7 heteroatoms. The zero-order valence-electron chi connectivity index (χ0n) is 20.5. The van der Waals surface area contributed by atoms with Crippen molar-refractivity contribution in [3.8, 4) is 17.2 Å². The van der Waals surface area contributed by atoms with E-state index in [1.807, 2.05) is 42.5 Å². The van der Waals surface area contributed by atoms with Crippen molar-refractivity contribution in [3.63, 3.8) is 0 Å². The molecule has 0 atom stereocenters. The second-order valence-corrected chi connectivity index (χ2v) is 9.32. The van der Waals surface area contributed by atoms with Crippen molar-refractivity contribution < 1.29 is 9.53 Å². The molecule has 4 rings (SSSR count). The number of aromatic nitrogens is 3. The molecule has 6 nitrogen and oxygen atoms in total. The number of esters is 1. The molecular formula is C29H28N4O2S.